The van der Waals surface area contributed by atoms with E-state index < -0.39 is 0 Å². The Morgan fingerprint density at radius 2 is 1.54 bits per heavy atom. The molecular weight excluding hydrogens is 304 g/mol. The first-order chi connectivity index (χ1) is 11.2. The summed E-state index contributed by atoms with van der Waals surface area (Å²) in [5.41, 5.74) is 7.85. The highest BCUT2D eigenvalue weighted by Crippen LogP contribution is 2.36. The molecule has 0 spiro atoms. The molecular formula is C23H34Si. The van der Waals surface area contributed by atoms with Gasteiger partial charge in [0.1, 0.15) is 9.52 Å². The molecule has 0 fully saturated rings. The first-order valence-electron chi connectivity index (χ1n) is 9.48. The average Bonchev–Trinajstić information content (AvgIpc) is 2.67. The molecule has 0 aromatic heterocycles. The van der Waals surface area contributed by atoms with Crippen LogP contribution in [0.3, 0.4) is 0 Å². The van der Waals surface area contributed by atoms with Crippen LogP contribution >= 0.6 is 0 Å². The fraction of sp³-hybridized carbons (Fsp3) is 0.565. The predicted molar refractivity (Wildman–Crippen MR) is 109 cm³/mol. The van der Waals surface area contributed by atoms with E-state index in [9.17, 15) is 0 Å². The van der Waals surface area contributed by atoms with Gasteiger partial charge >= 0.3 is 0 Å². The van der Waals surface area contributed by atoms with Gasteiger partial charge in [-0.25, -0.2) is 0 Å². The first kappa shape index (κ1) is 19.2. The smallest absolute Gasteiger partial charge is 0.0695 e. The van der Waals surface area contributed by atoms with Gasteiger partial charge in [-0.2, -0.15) is 0 Å². The highest BCUT2D eigenvalue weighted by atomic mass is 28.2. The maximum atomic E-state index is 2.39. The van der Waals surface area contributed by atoms with Crippen LogP contribution in [0.2, 0.25) is 0 Å². The molecule has 1 atom stereocenters. The molecule has 0 aliphatic heterocycles. The largest absolute Gasteiger partial charge is 0.117 e. The Morgan fingerprint density at radius 3 is 2.04 bits per heavy atom. The summed E-state index contributed by atoms with van der Waals surface area (Å²) in [5.74, 6) is 2.04. The summed E-state index contributed by atoms with van der Waals surface area (Å²) in [6, 6.07) is 7.03. The van der Waals surface area contributed by atoms with E-state index in [-0.39, 0.29) is 0 Å². The normalized spacial score (nSPS) is 18.5. The molecule has 0 saturated carbocycles. The number of hydrogen-bond donors (Lipinski definition) is 0. The highest BCUT2D eigenvalue weighted by Gasteiger charge is 2.25. The highest BCUT2D eigenvalue weighted by molar-refractivity contribution is 6.62. The minimum atomic E-state index is 0.615. The minimum Gasteiger partial charge on any atom is -0.0695 e. The summed E-state index contributed by atoms with van der Waals surface area (Å²) in [5, 5.41) is 3.25. The van der Waals surface area contributed by atoms with Crippen LogP contribution in [0.5, 0.6) is 0 Å². The monoisotopic (exact) mass is 338 g/mol. The Morgan fingerprint density at radius 1 is 0.917 bits per heavy atom. The third-order valence-electron chi connectivity index (χ3n) is 5.42. The van der Waals surface area contributed by atoms with Crippen LogP contribution in [0.15, 0.2) is 40.1 Å². The molecule has 1 aromatic carbocycles. The van der Waals surface area contributed by atoms with E-state index in [1.54, 1.807) is 32.7 Å². The molecule has 1 aliphatic carbocycles. The number of allylic oxidation sites excluding steroid dienone is 4. The molecule has 1 aliphatic rings. The van der Waals surface area contributed by atoms with Crippen LogP contribution in [0.1, 0.15) is 66.5 Å². The zero-order chi connectivity index (χ0) is 18.0. The summed E-state index contributed by atoms with van der Waals surface area (Å²) in [6.45, 7) is 18.7. The Labute approximate surface area is 152 Å². The van der Waals surface area contributed by atoms with Gasteiger partial charge < -0.3 is 0 Å². The summed E-state index contributed by atoms with van der Waals surface area (Å²) in [6.07, 6.45) is 2.40. The lowest BCUT2D eigenvalue weighted by atomic mass is 9.93. The van der Waals surface area contributed by atoms with Crippen molar-refractivity contribution in [2.75, 3.05) is 0 Å². The van der Waals surface area contributed by atoms with Crippen molar-refractivity contribution in [1.29, 1.82) is 0 Å². The summed E-state index contributed by atoms with van der Waals surface area (Å²) in [7, 11) is 0.820. The fourth-order valence-electron chi connectivity index (χ4n) is 3.74. The van der Waals surface area contributed by atoms with E-state index >= 15 is 0 Å². The van der Waals surface area contributed by atoms with Gasteiger partial charge in [0.2, 0.25) is 0 Å². The quantitative estimate of drug-likeness (QED) is 0.586. The van der Waals surface area contributed by atoms with Crippen LogP contribution in [0, 0.1) is 17.8 Å². The van der Waals surface area contributed by atoms with Crippen molar-refractivity contribution in [3.05, 3.63) is 51.2 Å². The zero-order valence-electron chi connectivity index (χ0n) is 16.9. The summed E-state index contributed by atoms with van der Waals surface area (Å²) >= 11 is 0. The van der Waals surface area contributed by atoms with Crippen molar-refractivity contribution >= 4 is 14.7 Å². The van der Waals surface area contributed by atoms with E-state index in [2.05, 4.69) is 73.6 Å². The lowest BCUT2D eigenvalue weighted by Gasteiger charge is -2.20. The van der Waals surface area contributed by atoms with Crippen molar-refractivity contribution < 1.29 is 0 Å². The van der Waals surface area contributed by atoms with E-state index in [4.69, 9.17) is 0 Å². The van der Waals surface area contributed by atoms with Gasteiger partial charge in [0.05, 0.1) is 0 Å². The molecule has 1 aromatic rings. The Kier molecular flexibility index (Phi) is 6.31. The number of benzene rings is 1. The van der Waals surface area contributed by atoms with Gasteiger partial charge in [0.15, 0.2) is 0 Å². The van der Waals surface area contributed by atoms with Gasteiger partial charge in [0, 0.05) is 0 Å². The molecule has 1 heteroatoms. The molecule has 1 unspecified atom stereocenters. The second-order valence-electron chi connectivity index (χ2n) is 8.33. The molecule has 0 bridgehead atoms. The molecule has 0 saturated heterocycles. The second-order valence-corrected chi connectivity index (χ2v) is 9.66. The molecule has 2 rings (SSSR count). The molecule has 0 amide bonds. The van der Waals surface area contributed by atoms with Gasteiger partial charge in [-0.3, -0.25) is 0 Å². The van der Waals surface area contributed by atoms with E-state index in [1.165, 1.54) is 18.4 Å². The Hall–Kier alpha value is -1.08. The van der Waals surface area contributed by atoms with Gasteiger partial charge in [-0.05, 0) is 68.1 Å². The van der Waals surface area contributed by atoms with E-state index in [0.717, 1.165) is 9.52 Å². The Balaban J connectivity index is 2.40. The van der Waals surface area contributed by atoms with Crippen LogP contribution in [-0.2, 0) is 12.8 Å². The standard InChI is InChI=1S/C23H34Si/c1-14(2)12-20-10-9-11-22(21(20)13-15(3)4)24-23-18(7)16(5)17(6)19(23)8/h9-11,14-15,18H,12-13H2,1-8H3. The van der Waals surface area contributed by atoms with Crippen LogP contribution in [0.25, 0.3) is 0 Å². The number of hydrogen-bond acceptors (Lipinski definition) is 0. The summed E-state index contributed by atoms with van der Waals surface area (Å²) in [4.78, 5) is 0. The molecule has 0 nitrogen and oxygen atoms in total. The fourth-order valence-corrected chi connectivity index (χ4v) is 5.43. The first-order valence-corrected chi connectivity index (χ1v) is 10.5. The second kappa shape index (κ2) is 7.87. The molecule has 2 radical (unpaired) electrons. The van der Waals surface area contributed by atoms with Crippen molar-refractivity contribution in [1.82, 2.24) is 0 Å². The van der Waals surface area contributed by atoms with Crippen LogP contribution in [0.4, 0.5) is 0 Å². The van der Waals surface area contributed by atoms with Crippen molar-refractivity contribution in [3.8, 4) is 0 Å². The van der Waals surface area contributed by atoms with Crippen molar-refractivity contribution in [2.24, 2.45) is 17.8 Å². The van der Waals surface area contributed by atoms with Gasteiger partial charge in [0.25, 0.3) is 0 Å². The van der Waals surface area contributed by atoms with Crippen molar-refractivity contribution in [3.63, 3.8) is 0 Å². The lowest BCUT2D eigenvalue weighted by molar-refractivity contribution is 0.617. The molecule has 24 heavy (non-hydrogen) atoms. The predicted octanol–water partition coefficient (Wildman–Crippen LogP) is 5.67. The average molecular weight is 339 g/mol. The molecule has 0 heterocycles. The van der Waals surface area contributed by atoms with E-state index in [1.807, 2.05) is 0 Å². The third-order valence-corrected chi connectivity index (χ3v) is 7.24. The number of rotatable bonds is 6. The van der Waals surface area contributed by atoms with Crippen LogP contribution < -0.4 is 5.19 Å². The Bertz CT molecular complexity index is 659. The maximum absolute atomic E-state index is 2.39. The SMILES string of the molecule is CC1=C(C)C(C)C([Si]c2cccc(CC(C)C)c2CC(C)C)=C1C. The lowest BCUT2D eigenvalue weighted by Crippen LogP contribution is -2.26. The third kappa shape index (κ3) is 4.11. The minimum absolute atomic E-state index is 0.615. The topological polar surface area (TPSA) is 0 Å². The maximum Gasteiger partial charge on any atom is 0.117 e. The van der Waals surface area contributed by atoms with E-state index in [0.29, 0.717) is 17.8 Å². The zero-order valence-corrected chi connectivity index (χ0v) is 17.9. The van der Waals surface area contributed by atoms with Gasteiger partial charge in [-0.1, -0.05) is 74.3 Å². The summed E-state index contributed by atoms with van der Waals surface area (Å²) < 4.78 is 0. The molecule has 130 valence electrons. The van der Waals surface area contributed by atoms with Crippen LogP contribution in [-0.4, -0.2) is 9.52 Å². The molecule has 0 N–H and O–H groups in total. The van der Waals surface area contributed by atoms with Gasteiger partial charge in [-0.15, -0.1) is 0 Å². The van der Waals surface area contributed by atoms with Crippen molar-refractivity contribution in [2.45, 2.75) is 68.2 Å².